The highest BCUT2D eigenvalue weighted by Gasteiger charge is 1.99. The Hall–Kier alpha value is -0.280. The lowest BCUT2D eigenvalue weighted by Gasteiger charge is -1.86. The fourth-order valence-electron chi connectivity index (χ4n) is 0.639. The molecule has 0 radical (unpaired) electrons. The van der Waals surface area contributed by atoms with Crippen LogP contribution in [0.5, 0.6) is 0 Å². The summed E-state index contributed by atoms with van der Waals surface area (Å²) in [6.45, 7) is 3.62. The first kappa shape index (κ1) is 7.82. The van der Waals surface area contributed by atoms with Crippen molar-refractivity contribution in [2.45, 2.75) is 18.7 Å². The SMILES string of the molecule is CC(=O)Sc1csc(C)c1. The zero-order valence-corrected chi connectivity index (χ0v) is 7.51. The third-order valence-corrected chi connectivity index (χ3v) is 2.74. The van der Waals surface area contributed by atoms with E-state index in [-0.39, 0.29) is 5.12 Å². The van der Waals surface area contributed by atoms with Gasteiger partial charge in [0, 0.05) is 22.1 Å². The quantitative estimate of drug-likeness (QED) is 0.606. The van der Waals surface area contributed by atoms with Crippen LogP contribution in [0, 0.1) is 6.92 Å². The molecule has 1 rings (SSSR count). The summed E-state index contributed by atoms with van der Waals surface area (Å²) in [4.78, 5) is 12.9. The maximum Gasteiger partial charge on any atom is 0.190 e. The zero-order chi connectivity index (χ0) is 7.56. The molecule has 0 aliphatic heterocycles. The van der Waals surface area contributed by atoms with Crippen LogP contribution in [0.15, 0.2) is 16.3 Å². The van der Waals surface area contributed by atoms with E-state index in [0.29, 0.717) is 0 Å². The van der Waals surface area contributed by atoms with E-state index in [0.717, 1.165) is 4.90 Å². The van der Waals surface area contributed by atoms with Crippen molar-refractivity contribution in [3.8, 4) is 0 Å². The van der Waals surface area contributed by atoms with Gasteiger partial charge in [-0.2, -0.15) is 0 Å². The molecule has 0 aliphatic carbocycles. The molecule has 0 amide bonds. The third kappa shape index (κ3) is 2.15. The Morgan fingerprint density at radius 2 is 2.40 bits per heavy atom. The maximum absolute atomic E-state index is 10.6. The number of carbonyl (C=O) groups is 1. The number of hydrogen-bond donors (Lipinski definition) is 0. The summed E-state index contributed by atoms with van der Waals surface area (Å²) in [5.41, 5.74) is 0. The molecular formula is C7H8OS2. The molecule has 0 bridgehead atoms. The molecule has 1 aromatic heterocycles. The Balaban J connectivity index is 2.67. The van der Waals surface area contributed by atoms with Crippen LogP contribution in [0.4, 0.5) is 0 Å². The van der Waals surface area contributed by atoms with Crippen LogP contribution in [0.3, 0.4) is 0 Å². The van der Waals surface area contributed by atoms with Gasteiger partial charge >= 0.3 is 0 Å². The standard InChI is InChI=1S/C7H8OS2/c1-5-3-7(4-9-5)10-6(2)8/h3-4H,1-2H3. The van der Waals surface area contributed by atoms with E-state index in [1.807, 2.05) is 18.4 Å². The van der Waals surface area contributed by atoms with Crippen molar-refractivity contribution in [1.29, 1.82) is 0 Å². The van der Waals surface area contributed by atoms with Gasteiger partial charge in [0.15, 0.2) is 5.12 Å². The largest absolute Gasteiger partial charge is 0.287 e. The van der Waals surface area contributed by atoms with E-state index >= 15 is 0 Å². The van der Waals surface area contributed by atoms with E-state index in [9.17, 15) is 4.79 Å². The number of hydrogen-bond acceptors (Lipinski definition) is 3. The van der Waals surface area contributed by atoms with Gasteiger partial charge in [0.25, 0.3) is 0 Å². The van der Waals surface area contributed by atoms with E-state index in [1.54, 1.807) is 18.3 Å². The first-order valence-corrected chi connectivity index (χ1v) is 4.61. The van der Waals surface area contributed by atoms with E-state index in [1.165, 1.54) is 16.6 Å². The Morgan fingerprint density at radius 1 is 1.70 bits per heavy atom. The van der Waals surface area contributed by atoms with E-state index in [2.05, 4.69) is 0 Å². The van der Waals surface area contributed by atoms with Crippen molar-refractivity contribution in [2.24, 2.45) is 0 Å². The van der Waals surface area contributed by atoms with Gasteiger partial charge in [-0.15, -0.1) is 11.3 Å². The molecule has 0 unspecified atom stereocenters. The number of aryl methyl sites for hydroxylation is 1. The maximum atomic E-state index is 10.6. The summed E-state index contributed by atoms with van der Waals surface area (Å²) < 4.78 is 0. The third-order valence-electron chi connectivity index (χ3n) is 0.968. The summed E-state index contributed by atoms with van der Waals surface area (Å²) in [7, 11) is 0. The minimum absolute atomic E-state index is 0.151. The Kier molecular flexibility index (Phi) is 2.51. The van der Waals surface area contributed by atoms with E-state index < -0.39 is 0 Å². The first-order valence-electron chi connectivity index (χ1n) is 2.92. The lowest BCUT2D eigenvalue weighted by atomic mass is 10.5. The molecular weight excluding hydrogens is 164 g/mol. The Bertz CT molecular complexity index is 240. The molecule has 0 saturated carbocycles. The molecule has 0 aromatic carbocycles. The monoisotopic (exact) mass is 172 g/mol. The highest BCUT2D eigenvalue weighted by molar-refractivity contribution is 8.13. The molecule has 0 fully saturated rings. The van der Waals surface area contributed by atoms with Crippen LogP contribution in [0.25, 0.3) is 0 Å². The van der Waals surface area contributed by atoms with Crippen molar-refractivity contribution in [3.05, 3.63) is 16.3 Å². The Labute approximate surface area is 68.5 Å². The topological polar surface area (TPSA) is 17.1 Å². The zero-order valence-electron chi connectivity index (χ0n) is 5.88. The van der Waals surface area contributed by atoms with Crippen molar-refractivity contribution in [2.75, 3.05) is 0 Å². The Morgan fingerprint density at radius 3 is 2.80 bits per heavy atom. The molecule has 10 heavy (non-hydrogen) atoms. The van der Waals surface area contributed by atoms with Crippen molar-refractivity contribution >= 4 is 28.2 Å². The molecule has 0 N–H and O–H groups in total. The van der Waals surface area contributed by atoms with Crippen LogP contribution in [-0.2, 0) is 4.79 Å². The first-order chi connectivity index (χ1) is 4.68. The summed E-state index contributed by atoms with van der Waals surface area (Å²) in [5.74, 6) is 0. The van der Waals surface area contributed by atoms with Crippen LogP contribution < -0.4 is 0 Å². The fraction of sp³-hybridized carbons (Fsp3) is 0.286. The fourth-order valence-corrected chi connectivity index (χ4v) is 2.18. The average molecular weight is 172 g/mol. The van der Waals surface area contributed by atoms with Crippen LogP contribution in [0.2, 0.25) is 0 Å². The summed E-state index contributed by atoms with van der Waals surface area (Å²) in [6.07, 6.45) is 0. The average Bonchev–Trinajstić information content (AvgIpc) is 2.13. The van der Waals surface area contributed by atoms with Crippen molar-refractivity contribution < 1.29 is 4.79 Å². The number of carbonyl (C=O) groups excluding carboxylic acids is 1. The number of thioether (sulfide) groups is 1. The molecule has 1 nitrogen and oxygen atoms in total. The van der Waals surface area contributed by atoms with Gasteiger partial charge in [0.05, 0.1) is 0 Å². The van der Waals surface area contributed by atoms with Crippen molar-refractivity contribution in [1.82, 2.24) is 0 Å². The predicted molar refractivity (Wildman–Crippen MR) is 45.6 cm³/mol. The predicted octanol–water partition coefficient (Wildman–Crippen LogP) is 2.70. The van der Waals surface area contributed by atoms with Gasteiger partial charge in [-0.05, 0) is 13.0 Å². The van der Waals surface area contributed by atoms with Crippen LogP contribution in [0.1, 0.15) is 11.8 Å². The second kappa shape index (κ2) is 3.21. The minimum Gasteiger partial charge on any atom is -0.287 e. The number of rotatable bonds is 1. The molecule has 0 aliphatic rings. The molecule has 0 spiro atoms. The second-order valence-electron chi connectivity index (χ2n) is 1.99. The normalized spacial score (nSPS) is 9.80. The van der Waals surface area contributed by atoms with Crippen LogP contribution >= 0.6 is 23.1 Å². The van der Waals surface area contributed by atoms with Gasteiger partial charge in [0.2, 0.25) is 0 Å². The van der Waals surface area contributed by atoms with Gasteiger partial charge < -0.3 is 0 Å². The van der Waals surface area contributed by atoms with Gasteiger partial charge in [-0.25, -0.2) is 0 Å². The molecule has 1 aromatic rings. The summed E-state index contributed by atoms with van der Waals surface area (Å²) in [6, 6.07) is 2.02. The van der Waals surface area contributed by atoms with Gasteiger partial charge in [-0.3, -0.25) is 4.79 Å². The second-order valence-corrected chi connectivity index (χ2v) is 4.35. The van der Waals surface area contributed by atoms with Gasteiger partial charge in [0.1, 0.15) is 0 Å². The molecule has 0 atom stereocenters. The highest BCUT2D eigenvalue weighted by Crippen LogP contribution is 2.24. The van der Waals surface area contributed by atoms with Crippen molar-refractivity contribution in [3.63, 3.8) is 0 Å². The summed E-state index contributed by atoms with van der Waals surface area (Å²) >= 11 is 2.96. The smallest absolute Gasteiger partial charge is 0.190 e. The summed E-state index contributed by atoms with van der Waals surface area (Å²) in [5, 5.41) is 2.15. The lowest BCUT2D eigenvalue weighted by molar-refractivity contribution is -0.109. The number of thiophene rings is 1. The molecule has 1 heterocycles. The minimum atomic E-state index is 0.151. The lowest BCUT2D eigenvalue weighted by Crippen LogP contribution is -1.76. The highest BCUT2D eigenvalue weighted by atomic mass is 32.2. The van der Waals surface area contributed by atoms with Gasteiger partial charge in [-0.1, -0.05) is 11.8 Å². The van der Waals surface area contributed by atoms with E-state index in [4.69, 9.17) is 0 Å². The molecule has 54 valence electrons. The molecule has 0 saturated heterocycles. The molecule has 3 heteroatoms. The van der Waals surface area contributed by atoms with Crippen LogP contribution in [-0.4, -0.2) is 5.12 Å².